The summed E-state index contributed by atoms with van der Waals surface area (Å²) in [5.41, 5.74) is 2.52. The molecule has 2 heteroatoms. The van der Waals surface area contributed by atoms with E-state index in [2.05, 4.69) is 39.8 Å². The number of carbonyl (C=O) groups excluding carboxylic acids is 1. The Balaban J connectivity index is 3.10. The Kier molecular flexibility index (Phi) is 6.77. The molecular weight excluding hydrogens is 248 g/mol. The van der Waals surface area contributed by atoms with Crippen molar-refractivity contribution in [2.24, 2.45) is 0 Å². The van der Waals surface area contributed by atoms with Crippen molar-refractivity contribution in [3.05, 3.63) is 29.3 Å². The minimum atomic E-state index is -0.246. The Labute approximate surface area is 123 Å². The summed E-state index contributed by atoms with van der Waals surface area (Å²) in [5, 5.41) is 0. The molecule has 0 aliphatic rings. The Hall–Kier alpha value is -1.31. The molecule has 0 fully saturated rings. The van der Waals surface area contributed by atoms with Gasteiger partial charge < -0.3 is 4.74 Å². The van der Waals surface area contributed by atoms with E-state index >= 15 is 0 Å². The molecule has 0 aromatic heterocycles. The van der Waals surface area contributed by atoms with Gasteiger partial charge in [-0.3, -0.25) is 4.79 Å². The number of esters is 1. The minimum absolute atomic E-state index is 0.246. The Morgan fingerprint density at radius 1 is 1.10 bits per heavy atom. The molecule has 2 atom stereocenters. The third-order valence-corrected chi connectivity index (χ3v) is 3.83. The molecule has 0 N–H and O–H groups in total. The van der Waals surface area contributed by atoms with Gasteiger partial charge in [-0.05, 0) is 41.9 Å². The second kappa shape index (κ2) is 8.08. The van der Waals surface area contributed by atoms with Crippen molar-refractivity contribution in [1.82, 2.24) is 0 Å². The van der Waals surface area contributed by atoms with Gasteiger partial charge in [0.15, 0.2) is 0 Å². The third-order valence-electron chi connectivity index (χ3n) is 3.83. The van der Waals surface area contributed by atoms with Crippen LogP contribution in [0.25, 0.3) is 0 Å². The van der Waals surface area contributed by atoms with Gasteiger partial charge in [-0.15, -0.1) is 0 Å². The van der Waals surface area contributed by atoms with E-state index < -0.39 is 0 Å². The van der Waals surface area contributed by atoms with Gasteiger partial charge in [0.2, 0.25) is 0 Å². The van der Waals surface area contributed by atoms with Gasteiger partial charge in [-0.2, -0.15) is 0 Å². The van der Waals surface area contributed by atoms with E-state index in [1.54, 1.807) is 0 Å². The smallest absolute Gasteiger partial charge is 0.308 e. The molecule has 0 aliphatic heterocycles. The van der Waals surface area contributed by atoms with Crippen molar-refractivity contribution >= 4 is 5.97 Å². The maximum Gasteiger partial charge on any atom is 0.308 e. The topological polar surface area (TPSA) is 26.3 Å². The molecule has 0 saturated heterocycles. The molecule has 1 rings (SSSR count). The van der Waals surface area contributed by atoms with Crippen LogP contribution < -0.4 is 4.74 Å². The number of rotatable bonds is 7. The number of hydrogen-bond acceptors (Lipinski definition) is 2. The monoisotopic (exact) mass is 276 g/mol. The molecule has 0 amide bonds. The van der Waals surface area contributed by atoms with Crippen LogP contribution in [-0.2, 0) is 4.79 Å². The van der Waals surface area contributed by atoms with Crippen molar-refractivity contribution in [2.45, 2.75) is 72.1 Å². The van der Waals surface area contributed by atoms with Crippen LogP contribution in [-0.4, -0.2) is 5.97 Å². The van der Waals surface area contributed by atoms with Crippen LogP contribution in [0, 0.1) is 0 Å². The highest BCUT2D eigenvalue weighted by molar-refractivity contribution is 5.70. The van der Waals surface area contributed by atoms with E-state index in [9.17, 15) is 4.79 Å². The summed E-state index contributed by atoms with van der Waals surface area (Å²) in [6.45, 7) is 10.3. The average Bonchev–Trinajstić information content (AvgIpc) is 2.39. The van der Waals surface area contributed by atoms with Gasteiger partial charge in [0.05, 0.1) is 0 Å². The van der Waals surface area contributed by atoms with Crippen LogP contribution >= 0.6 is 0 Å². The van der Waals surface area contributed by atoms with Crippen LogP contribution in [0.15, 0.2) is 18.2 Å². The average molecular weight is 276 g/mol. The van der Waals surface area contributed by atoms with E-state index in [4.69, 9.17) is 4.74 Å². The summed E-state index contributed by atoms with van der Waals surface area (Å²) < 4.78 is 5.37. The summed E-state index contributed by atoms with van der Waals surface area (Å²) >= 11 is 0. The second-order valence-corrected chi connectivity index (χ2v) is 5.77. The van der Waals surface area contributed by atoms with Crippen LogP contribution in [0.1, 0.15) is 83.3 Å². The van der Waals surface area contributed by atoms with E-state index in [1.165, 1.54) is 30.9 Å². The fourth-order valence-corrected chi connectivity index (χ4v) is 2.69. The van der Waals surface area contributed by atoms with Crippen molar-refractivity contribution in [3.8, 4) is 5.75 Å². The first-order valence-corrected chi connectivity index (χ1v) is 7.81. The highest BCUT2D eigenvalue weighted by Gasteiger charge is 2.15. The Morgan fingerprint density at radius 3 is 2.25 bits per heavy atom. The molecule has 0 heterocycles. The fraction of sp³-hybridized carbons (Fsp3) is 0.611. The van der Waals surface area contributed by atoms with Gasteiger partial charge in [0.25, 0.3) is 0 Å². The lowest BCUT2D eigenvalue weighted by Gasteiger charge is -2.19. The van der Waals surface area contributed by atoms with Gasteiger partial charge in [0.1, 0.15) is 5.75 Å². The SMILES string of the molecule is CCCC(C)c1ccc(OC(C)=O)c(C(C)CCC)c1. The van der Waals surface area contributed by atoms with Gasteiger partial charge in [-0.1, -0.05) is 52.7 Å². The van der Waals surface area contributed by atoms with Crippen molar-refractivity contribution in [2.75, 3.05) is 0 Å². The van der Waals surface area contributed by atoms with Crippen molar-refractivity contribution < 1.29 is 9.53 Å². The molecule has 1 aromatic rings. The van der Waals surface area contributed by atoms with Gasteiger partial charge >= 0.3 is 5.97 Å². The summed E-state index contributed by atoms with van der Waals surface area (Å²) in [6.07, 6.45) is 4.62. The number of carbonyl (C=O) groups is 1. The minimum Gasteiger partial charge on any atom is -0.426 e. The first kappa shape index (κ1) is 16.7. The Morgan fingerprint density at radius 2 is 1.70 bits per heavy atom. The third kappa shape index (κ3) is 4.66. The molecule has 2 unspecified atom stereocenters. The van der Waals surface area contributed by atoms with Crippen molar-refractivity contribution in [1.29, 1.82) is 0 Å². The van der Waals surface area contributed by atoms with Gasteiger partial charge in [-0.25, -0.2) is 0 Å². The molecular formula is C18H28O2. The zero-order chi connectivity index (χ0) is 15.1. The highest BCUT2D eigenvalue weighted by Crippen LogP contribution is 2.33. The number of ether oxygens (including phenoxy) is 1. The van der Waals surface area contributed by atoms with Crippen LogP contribution in [0.4, 0.5) is 0 Å². The van der Waals surface area contributed by atoms with E-state index in [0.29, 0.717) is 11.8 Å². The van der Waals surface area contributed by atoms with E-state index in [0.717, 1.165) is 18.6 Å². The quantitative estimate of drug-likeness (QED) is 0.491. The lowest BCUT2D eigenvalue weighted by atomic mass is 9.89. The van der Waals surface area contributed by atoms with Crippen LogP contribution in [0.2, 0.25) is 0 Å². The zero-order valence-electron chi connectivity index (χ0n) is 13.5. The highest BCUT2D eigenvalue weighted by atomic mass is 16.5. The predicted molar refractivity (Wildman–Crippen MR) is 84.4 cm³/mol. The molecule has 2 nitrogen and oxygen atoms in total. The summed E-state index contributed by atoms with van der Waals surface area (Å²) in [5.74, 6) is 1.46. The summed E-state index contributed by atoms with van der Waals surface area (Å²) in [7, 11) is 0. The van der Waals surface area contributed by atoms with E-state index in [-0.39, 0.29) is 5.97 Å². The van der Waals surface area contributed by atoms with E-state index in [1.807, 2.05) is 6.07 Å². The fourth-order valence-electron chi connectivity index (χ4n) is 2.69. The van der Waals surface area contributed by atoms with Crippen LogP contribution in [0.3, 0.4) is 0 Å². The molecule has 20 heavy (non-hydrogen) atoms. The first-order valence-electron chi connectivity index (χ1n) is 7.81. The summed E-state index contributed by atoms with van der Waals surface area (Å²) in [4.78, 5) is 11.2. The van der Waals surface area contributed by atoms with Crippen molar-refractivity contribution in [3.63, 3.8) is 0 Å². The normalized spacial score (nSPS) is 13.8. The largest absolute Gasteiger partial charge is 0.426 e. The van der Waals surface area contributed by atoms with Crippen LogP contribution in [0.5, 0.6) is 5.75 Å². The lowest BCUT2D eigenvalue weighted by Crippen LogP contribution is -2.07. The summed E-state index contributed by atoms with van der Waals surface area (Å²) in [6, 6.07) is 6.30. The predicted octanol–water partition coefficient (Wildman–Crippen LogP) is 5.42. The zero-order valence-corrected chi connectivity index (χ0v) is 13.5. The lowest BCUT2D eigenvalue weighted by molar-refractivity contribution is -0.131. The standard InChI is InChI=1S/C18H28O2/c1-6-8-13(3)16-10-11-18(20-15(5)19)17(12-16)14(4)9-7-2/h10-14H,6-9H2,1-5H3. The molecule has 1 aromatic carbocycles. The second-order valence-electron chi connectivity index (χ2n) is 5.77. The molecule has 0 radical (unpaired) electrons. The molecule has 0 bridgehead atoms. The number of benzene rings is 1. The molecule has 0 aliphatic carbocycles. The molecule has 0 spiro atoms. The molecule has 112 valence electrons. The maximum atomic E-state index is 11.2. The maximum absolute atomic E-state index is 11.2. The number of hydrogen-bond donors (Lipinski definition) is 0. The van der Waals surface area contributed by atoms with Gasteiger partial charge in [0, 0.05) is 6.92 Å². The molecule has 0 saturated carbocycles. The first-order chi connectivity index (χ1) is 9.49. The Bertz CT molecular complexity index is 437.